The van der Waals surface area contributed by atoms with Crippen LogP contribution in [0, 0.1) is 0 Å². The molecule has 0 unspecified atom stereocenters. The molecule has 0 saturated carbocycles. The van der Waals surface area contributed by atoms with Crippen molar-refractivity contribution < 1.29 is 13.5 Å². The number of nitrogens with two attached hydrogens (primary N) is 1. The summed E-state index contributed by atoms with van der Waals surface area (Å²) in [5.74, 6) is 0.550. The van der Waals surface area contributed by atoms with Crippen LogP contribution in [0.3, 0.4) is 0 Å². The fraction of sp³-hybridized carbons (Fsp3) is 0.182. The molecule has 0 amide bonds. The lowest BCUT2D eigenvalue weighted by molar-refractivity contribution is 0.475. The molecule has 8 heteroatoms. The number of aryl methyl sites for hydroxylation is 1. The van der Waals surface area contributed by atoms with E-state index in [-0.39, 0.29) is 22.2 Å². The fourth-order valence-electron chi connectivity index (χ4n) is 1.50. The number of aromatic nitrogens is 2. The van der Waals surface area contributed by atoms with Gasteiger partial charge in [-0.05, 0) is 12.1 Å². The van der Waals surface area contributed by atoms with Gasteiger partial charge < -0.3 is 15.8 Å². The summed E-state index contributed by atoms with van der Waals surface area (Å²) in [5, 5.41) is 9.18. The van der Waals surface area contributed by atoms with Crippen LogP contribution in [0.1, 0.15) is 12.7 Å². The molecule has 2 rings (SSSR count). The number of phenols is 1. The molecule has 1 aromatic heterocycles. The second kappa shape index (κ2) is 4.81. The smallest absolute Gasteiger partial charge is 0.279 e. The van der Waals surface area contributed by atoms with Gasteiger partial charge in [-0.3, -0.25) is 4.72 Å². The minimum Gasteiger partial charge on any atom is -0.508 e. The van der Waals surface area contributed by atoms with Gasteiger partial charge in [-0.25, -0.2) is 4.98 Å². The molecule has 0 atom stereocenters. The molecule has 0 saturated heterocycles. The van der Waals surface area contributed by atoms with Crippen LogP contribution in [0.2, 0.25) is 0 Å². The molecular formula is C11H14N4O3S. The number of H-pyrrole nitrogens is 1. The highest BCUT2D eigenvalue weighted by molar-refractivity contribution is 7.92. The van der Waals surface area contributed by atoms with Gasteiger partial charge in [-0.1, -0.05) is 6.92 Å². The minimum absolute atomic E-state index is 0.0307. The number of nitrogens with zero attached hydrogens (tertiary/aromatic N) is 1. The molecular weight excluding hydrogens is 268 g/mol. The average molecular weight is 282 g/mol. The monoisotopic (exact) mass is 282 g/mol. The van der Waals surface area contributed by atoms with Crippen LogP contribution in [-0.2, 0) is 16.4 Å². The molecule has 102 valence electrons. The predicted molar refractivity (Wildman–Crippen MR) is 71.3 cm³/mol. The highest BCUT2D eigenvalue weighted by atomic mass is 32.2. The SMILES string of the molecule is CCc1ncc(S(=O)(=O)Nc2ccc(O)cc2N)[nH]1. The molecule has 0 radical (unpaired) electrons. The summed E-state index contributed by atoms with van der Waals surface area (Å²) in [7, 11) is -3.77. The molecule has 0 spiro atoms. The number of nitrogens with one attached hydrogen (secondary N) is 2. The molecule has 0 fully saturated rings. The molecule has 2 aromatic rings. The van der Waals surface area contributed by atoms with Gasteiger partial charge in [-0.2, -0.15) is 8.42 Å². The Morgan fingerprint density at radius 2 is 2.21 bits per heavy atom. The highest BCUT2D eigenvalue weighted by Crippen LogP contribution is 2.25. The van der Waals surface area contributed by atoms with E-state index < -0.39 is 10.0 Å². The summed E-state index contributed by atoms with van der Waals surface area (Å²) in [4.78, 5) is 6.64. The zero-order valence-corrected chi connectivity index (χ0v) is 11.0. The summed E-state index contributed by atoms with van der Waals surface area (Å²) in [6.07, 6.45) is 1.86. The zero-order valence-electron chi connectivity index (χ0n) is 10.2. The molecule has 19 heavy (non-hydrogen) atoms. The summed E-state index contributed by atoms with van der Waals surface area (Å²) in [6, 6.07) is 4.00. The lowest BCUT2D eigenvalue weighted by Crippen LogP contribution is -2.14. The van der Waals surface area contributed by atoms with Crippen molar-refractivity contribution in [2.24, 2.45) is 0 Å². The Bertz CT molecular complexity index is 694. The average Bonchev–Trinajstić information content (AvgIpc) is 2.82. The molecule has 5 N–H and O–H groups in total. The fourth-order valence-corrected chi connectivity index (χ4v) is 2.53. The Labute approximate surface area is 110 Å². The summed E-state index contributed by atoms with van der Waals surface area (Å²) in [6.45, 7) is 1.86. The normalized spacial score (nSPS) is 11.4. The van der Waals surface area contributed by atoms with E-state index in [9.17, 15) is 13.5 Å². The number of sulfonamides is 1. The van der Waals surface area contributed by atoms with E-state index in [0.717, 1.165) is 0 Å². The first-order valence-electron chi connectivity index (χ1n) is 5.57. The van der Waals surface area contributed by atoms with Crippen molar-refractivity contribution >= 4 is 21.4 Å². The number of rotatable bonds is 4. The Kier molecular flexibility index (Phi) is 3.34. The predicted octanol–water partition coefficient (Wildman–Crippen LogP) is 1.06. The quantitative estimate of drug-likeness (QED) is 0.493. The van der Waals surface area contributed by atoms with Gasteiger partial charge in [0.1, 0.15) is 11.6 Å². The van der Waals surface area contributed by atoms with E-state index in [1.165, 1.54) is 24.4 Å². The third-order valence-electron chi connectivity index (χ3n) is 2.51. The molecule has 0 bridgehead atoms. The summed E-state index contributed by atoms with van der Waals surface area (Å²) in [5.41, 5.74) is 5.96. The van der Waals surface area contributed by atoms with Gasteiger partial charge in [0.25, 0.3) is 10.0 Å². The second-order valence-electron chi connectivity index (χ2n) is 3.92. The number of anilines is 2. The van der Waals surface area contributed by atoms with E-state index in [1.807, 2.05) is 6.92 Å². The molecule has 0 aliphatic carbocycles. The number of aromatic amines is 1. The van der Waals surface area contributed by atoms with E-state index >= 15 is 0 Å². The summed E-state index contributed by atoms with van der Waals surface area (Å²) >= 11 is 0. The number of hydrogen-bond donors (Lipinski definition) is 4. The summed E-state index contributed by atoms with van der Waals surface area (Å²) < 4.78 is 26.5. The number of phenolic OH excluding ortho intramolecular Hbond substituents is 1. The van der Waals surface area contributed by atoms with E-state index in [0.29, 0.717) is 12.2 Å². The van der Waals surface area contributed by atoms with Crippen LogP contribution in [0.25, 0.3) is 0 Å². The van der Waals surface area contributed by atoms with Gasteiger partial charge in [0.2, 0.25) is 0 Å². The number of nitrogen functional groups attached to an aromatic ring is 1. The van der Waals surface area contributed by atoms with Gasteiger partial charge >= 0.3 is 0 Å². The highest BCUT2D eigenvalue weighted by Gasteiger charge is 2.18. The molecule has 0 aliphatic rings. The maximum atomic E-state index is 12.1. The van der Waals surface area contributed by atoms with Crippen LogP contribution in [0.5, 0.6) is 5.75 Å². The molecule has 0 aliphatic heterocycles. The van der Waals surface area contributed by atoms with Crippen molar-refractivity contribution in [3.63, 3.8) is 0 Å². The second-order valence-corrected chi connectivity index (χ2v) is 5.58. The van der Waals surface area contributed by atoms with Gasteiger partial charge in [0.15, 0.2) is 5.03 Å². The maximum Gasteiger partial charge on any atom is 0.279 e. The largest absolute Gasteiger partial charge is 0.508 e. The lowest BCUT2D eigenvalue weighted by Gasteiger charge is -2.09. The van der Waals surface area contributed by atoms with Crippen molar-refractivity contribution in [3.8, 4) is 5.75 Å². The van der Waals surface area contributed by atoms with Gasteiger partial charge in [-0.15, -0.1) is 0 Å². The van der Waals surface area contributed by atoms with Crippen LogP contribution in [0.15, 0.2) is 29.4 Å². The van der Waals surface area contributed by atoms with Crippen molar-refractivity contribution in [1.82, 2.24) is 9.97 Å². The van der Waals surface area contributed by atoms with Gasteiger partial charge in [0.05, 0.1) is 17.6 Å². The zero-order chi connectivity index (χ0) is 14.0. The molecule has 7 nitrogen and oxygen atoms in total. The first-order valence-corrected chi connectivity index (χ1v) is 7.06. The Balaban J connectivity index is 2.30. The van der Waals surface area contributed by atoms with E-state index in [4.69, 9.17) is 5.73 Å². The number of hydrogen-bond acceptors (Lipinski definition) is 5. The number of imidazole rings is 1. The minimum atomic E-state index is -3.77. The van der Waals surface area contributed by atoms with Crippen molar-refractivity contribution in [2.45, 2.75) is 18.4 Å². The first kappa shape index (κ1) is 13.2. The standard InChI is InChI=1S/C11H14N4O3S/c1-2-10-13-6-11(14-10)19(17,18)15-9-4-3-7(16)5-8(9)12/h3-6,15-16H,2,12H2,1H3,(H,13,14). The molecule has 1 heterocycles. The topological polar surface area (TPSA) is 121 Å². The number of benzene rings is 1. The van der Waals surface area contributed by atoms with Crippen LogP contribution < -0.4 is 10.5 Å². The van der Waals surface area contributed by atoms with Crippen molar-refractivity contribution in [3.05, 3.63) is 30.2 Å². The third-order valence-corrected chi connectivity index (χ3v) is 3.78. The van der Waals surface area contributed by atoms with Crippen LogP contribution in [-0.4, -0.2) is 23.5 Å². The molecule has 1 aromatic carbocycles. The van der Waals surface area contributed by atoms with Crippen LogP contribution in [0.4, 0.5) is 11.4 Å². The maximum absolute atomic E-state index is 12.1. The van der Waals surface area contributed by atoms with Crippen molar-refractivity contribution in [1.29, 1.82) is 0 Å². The number of aromatic hydroxyl groups is 1. The lowest BCUT2D eigenvalue weighted by atomic mass is 10.2. The van der Waals surface area contributed by atoms with Crippen LogP contribution >= 0.6 is 0 Å². The first-order chi connectivity index (χ1) is 8.92. The Hall–Kier alpha value is -2.22. The van der Waals surface area contributed by atoms with E-state index in [2.05, 4.69) is 14.7 Å². The Morgan fingerprint density at radius 1 is 1.47 bits per heavy atom. The van der Waals surface area contributed by atoms with E-state index in [1.54, 1.807) is 0 Å². The Morgan fingerprint density at radius 3 is 2.79 bits per heavy atom. The van der Waals surface area contributed by atoms with Gasteiger partial charge in [0, 0.05) is 12.5 Å². The van der Waals surface area contributed by atoms with Crippen molar-refractivity contribution in [2.75, 3.05) is 10.5 Å². The third kappa shape index (κ3) is 2.79.